The first-order valence-corrected chi connectivity index (χ1v) is 3.92. The van der Waals surface area contributed by atoms with Gasteiger partial charge in [-0.25, -0.2) is 0 Å². The van der Waals surface area contributed by atoms with Crippen LogP contribution in [0.4, 0.5) is 0 Å². The Bertz CT molecular complexity index is 225. The van der Waals surface area contributed by atoms with E-state index < -0.39 is 0 Å². The molecule has 0 unspecified atom stereocenters. The summed E-state index contributed by atoms with van der Waals surface area (Å²) in [5.41, 5.74) is 1.32. The summed E-state index contributed by atoms with van der Waals surface area (Å²) in [6.45, 7) is 1.03. The maximum absolute atomic E-state index is 3.11. The lowest BCUT2D eigenvalue weighted by molar-refractivity contribution is 0.794. The lowest BCUT2D eigenvalue weighted by Gasteiger charge is -1.97. The Labute approximate surface area is 68.2 Å². The van der Waals surface area contributed by atoms with Gasteiger partial charge in [-0.05, 0) is 31.7 Å². The molecule has 0 aliphatic heterocycles. The van der Waals surface area contributed by atoms with Crippen molar-refractivity contribution in [2.75, 3.05) is 13.6 Å². The Morgan fingerprint density at radius 1 is 1.64 bits per heavy atom. The zero-order valence-corrected chi connectivity index (χ0v) is 6.85. The molecule has 1 N–H and O–H groups in total. The van der Waals surface area contributed by atoms with Crippen LogP contribution in [0.15, 0.2) is 23.8 Å². The van der Waals surface area contributed by atoms with Crippen LogP contribution in [0.2, 0.25) is 0 Å². The molecule has 0 saturated carbocycles. The Kier molecular flexibility index (Phi) is 3.51. The van der Waals surface area contributed by atoms with Crippen LogP contribution in [0.3, 0.4) is 0 Å². The molecule has 1 aliphatic rings. The van der Waals surface area contributed by atoms with Gasteiger partial charge in [0.05, 0.1) is 0 Å². The van der Waals surface area contributed by atoms with E-state index in [0.29, 0.717) is 0 Å². The number of rotatable bonds is 3. The Balaban J connectivity index is 2.44. The van der Waals surface area contributed by atoms with Gasteiger partial charge in [0.1, 0.15) is 0 Å². The second-order valence-electron chi connectivity index (χ2n) is 2.50. The summed E-state index contributed by atoms with van der Waals surface area (Å²) in [5, 5.41) is 3.11. The number of nitrogens with one attached hydrogen (secondary N) is 1. The monoisotopic (exact) mass is 147 g/mol. The highest BCUT2D eigenvalue weighted by Crippen LogP contribution is 2.04. The molecular formula is C10H13N. The van der Waals surface area contributed by atoms with Crippen molar-refractivity contribution in [3.63, 3.8) is 0 Å². The molecule has 0 amide bonds. The molecule has 0 spiro atoms. The predicted octanol–water partition coefficient (Wildman–Crippen LogP) is 1.49. The van der Waals surface area contributed by atoms with Gasteiger partial charge < -0.3 is 5.32 Å². The Morgan fingerprint density at radius 3 is 3.36 bits per heavy atom. The molecule has 0 heterocycles. The normalized spacial score (nSPS) is 14.8. The molecule has 0 bridgehead atoms. The summed E-state index contributed by atoms with van der Waals surface area (Å²) < 4.78 is 0. The second-order valence-corrected chi connectivity index (χ2v) is 2.50. The molecular weight excluding hydrogens is 134 g/mol. The minimum absolute atomic E-state index is 0.888. The minimum atomic E-state index is 0.888. The molecule has 58 valence electrons. The van der Waals surface area contributed by atoms with Gasteiger partial charge in [0.2, 0.25) is 0 Å². The Hall–Kier alpha value is -1.00. The highest BCUT2D eigenvalue weighted by Gasteiger charge is 1.91. The van der Waals surface area contributed by atoms with Crippen molar-refractivity contribution in [1.29, 1.82) is 0 Å². The third-order valence-corrected chi connectivity index (χ3v) is 1.58. The standard InChI is InChI=1S/C10H13N/c1-11-9-8-10-6-4-2-3-5-7-10/h4,6-7,11H,2,8-9H2,1H3. The van der Waals surface area contributed by atoms with Crippen molar-refractivity contribution in [1.82, 2.24) is 5.32 Å². The molecule has 0 saturated heterocycles. The fourth-order valence-corrected chi connectivity index (χ4v) is 0.945. The van der Waals surface area contributed by atoms with Crippen LogP contribution in [-0.4, -0.2) is 13.6 Å². The number of hydrogen-bond acceptors (Lipinski definition) is 1. The van der Waals surface area contributed by atoms with Gasteiger partial charge in [0, 0.05) is 6.42 Å². The highest BCUT2D eigenvalue weighted by molar-refractivity contribution is 5.32. The van der Waals surface area contributed by atoms with E-state index >= 15 is 0 Å². The van der Waals surface area contributed by atoms with E-state index in [1.807, 2.05) is 13.1 Å². The first-order chi connectivity index (χ1) is 5.43. The van der Waals surface area contributed by atoms with Crippen LogP contribution in [-0.2, 0) is 0 Å². The van der Waals surface area contributed by atoms with E-state index in [1.165, 1.54) is 5.57 Å². The van der Waals surface area contributed by atoms with Gasteiger partial charge in [-0.2, -0.15) is 0 Å². The van der Waals surface area contributed by atoms with Crippen LogP contribution in [0.5, 0.6) is 0 Å². The van der Waals surface area contributed by atoms with E-state index in [1.54, 1.807) is 0 Å². The van der Waals surface area contributed by atoms with Gasteiger partial charge in [-0.3, -0.25) is 0 Å². The van der Waals surface area contributed by atoms with E-state index in [4.69, 9.17) is 0 Å². The largest absolute Gasteiger partial charge is 0.319 e. The number of hydrogen-bond donors (Lipinski definition) is 1. The molecule has 0 radical (unpaired) electrons. The topological polar surface area (TPSA) is 12.0 Å². The Morgan fingerprint density at radius 2 is 2.55 bits per heavy atom. The highest BCUT2D eigenvalue weighted by atomic mass is 14.8. The van der Waals surface area contributed by atoms with Crippen LogP contribution < -0.4 is 5.32 Å². The molecule has 1 heteroatoms. The average molecular weight is 147 g/mol. The third kappa shape index (κ3) is 3.06. The molecule has 0 aromatic carbocycles. The van der Waals surface area contributed by atoms with Crippen molar-refractivity contribution in [3.05, 3.63) is 23.8 Å². The number of allylic oxidation sites excluding steroid dienone is 3. The predicted molar refractivity (Wildman–Crippen MR) is 48.2 cm³/mol. The van der Waals surface area contributed by atoms with E-state index in [0.717, 1.165) is 19.4 Å². The lowest BCUT2D eigenvalue weighted by atomic mass is 10.1. The maximum Gasteiger partial charge on any atom is 0.0276 e. The third-order valence-electron chi connectivity index (χ3n) is 1.58. The van der Waals surface area contributed by atoms with Gasteiger partial charge in [0.25, 0.3) is 0 Å². The van der Waals surface area contributed by atoms with Gasteiger partial charge in [-0.15, -0.1) is 0 Å². The first-order valence-electron chi connectivity index (χ1n) is 3.92. The zero-order chi connectivity index (χ0) is 7.94. The lowest BCUT2D eigenvalue weighted by Crippen LogP contribution is -2.07. The molecule has 11 heavy (non-hydrogen) atoms. The van der Waals surface area contributed by atoms with Crippen molar-refractivity contribution < 1.29 is 0 Å². The fraction of sp³-hybridized carbons (Fsp3) is 0.400. The van der Waals surface area contributed by atoms with E-state index in [2.05, 4.69) is 29.3 Å². The van der Waals surface area contributed by atoms with Crippen LogP contribution in [0.1, 0.15) is 12.8 Å². The van der Waals surface area contributed by atoms with Crippen molar-refractivity contribution in [2.24, 2.45) is 0 Å². The van der Waals surface area contributed by atoms with Gasteiger partial charge >= 0.3 is 0 Å². The van der Waals surface area contributed by atoms with Gasteiger partial charge in [-0.1, -0.05) is 24.0 Å². The summed E-state index contributed by atoms with van der Waals surface area (Å²) in [5.74, 6) is 6.02. The second kappa shape index (κ2) is 4.76. The van der Waals surface area contributed by atoms with Crippen molar-refractivity contribution >= 4 is 0 Å². The van der Waals surface area contributed by atoms with Crippen LogP contribution >= 0.6 is 0 Å². The molecule has 0 aromatic rings. The van der Waals surface area contributed by atoms with E-state index in [9.17, 15) is 0 Å². The molecule has 0 atom stereocenters. The van der Waals surface area contributed by atoms with Crippen molar-refractivity contribution in [3.8, 4) is 11.8 Å². The SMILES string of the molecule is CNCCC1=CC#CCC=C1. The molecule has 1 nitrogen and oxygen atoms in total. The average Bonchev–Trinajstić information content (AvgIpc) is 2.28. The smallest absolute Gasteiger partial charge is 0.0276 e. The summed E-state index contributed by atoms with van der Waals surface area (Å²) in [6, 6.07) is 0. The van der Waals surface area contributed by atoms with Crippen LogP contribution in [0.25, 0.3) is 0 Å². The summed E-state index contributed by atoms with van der Waals surface area (Å²) in [4.78, 5) is 0. The summed E-state index contributed by atoms with van der Waals surface area (Å²) in [7, 11) is 1.96. The zero-order valence-electron chi connectivity index (χ0n) is 6.85. The van der Waals surface area contributed by atoms with Gasteiger partial charge in [0.15, 0.2) is 0 Å². The van der Waals surface area contributed by atoms with E-state index in [-0.39, 0.29) is 0 Å². The van der Waals surface area contributed by atoms with Crippen molar-refractivity contribution in [2.45, 2.75) is 12.8 Å². The maximum atomic E-state index is 3.11. The molecule has 0 fully saturated rings. The quantitative estimate of drug-likeness (QED) is 0.596. The molecule has 1 rings (SSSR count). The van der Waals surface area contributed by atoms with Crippen LogP contribution in [0, 0.1) is 11.8 Å². The minimum Gasteiger partial charge on any atom is -0.319 e. The molecule has 1 aliphatic carbocycles. The first kappa shape index (κ1) is 8.10. The fourth-order valence-electron chi connectivity index (χ4n) is 0.945. The molecule has 0 aromatic heterocycles. The summed E-state index contributed by atoms with van der Waals surface area (Å²) in [6.07, 6.45) is 8.22. The summed E-state index contributed by atoms with van der Waals surface area (Å²) >= 11 is 0.